The predicted octanol–water partition coefficient (Wildman–Crippen LogP) is 4.41. The molecule has 2 N–H and O–H groups in total. The lowest BCUT2D eigenvalue weighted by Gasteiger charge is -2.27. The van der Waals surface area contributed by atoms with E-state index in [9.17, 15) is 4.79 Å². The van der Waals surface area contributed by atoms with Crippen LogP contribution in [0.4, 0.5) is 0 Å². The Labute approximate surface area is 186 Å². The number of aliphatic imine (C=N–C) groups is 1. The first-order chi connectivity index (χ1) is 15.1. The number of carbonyl (C=O) groups is 1. The summed E-state index contributed by atoms with van der Waals surface area (Å²) in [6.07, 6.45) is 6.17. The Balaban J connectivity index is 1.48. The summed E-state index contributed by atoms with van der Waals surface area (Å²) < 4.78 is 0. The summed E-state index contributed by atoms with van der Waals surface area (Å²) in [7, 11) is 0. The Kier molecular flexibility index (Phi) is 4.98. The van der Waals surface area contributed by atoms with Crippen molar-refractivity contribution in [1.29, 1.82) is 0 Å². The van der Waals surface area contributed by atoms with Crippen LogP contribution in [-0.2, 0) is 16.8 Å². The molecule has 1 aromatic heterocycles. The van der Waals surface area contributed by atoms with Crippen molar-refractivity contribution in [2.75, 3.05) is 6.54 Å². The van der Waals surface area contributed by atoms with Gasteiger partial charge in [-0.05, 0) is 77.8 Å². The quantitative estimate of drug-likeness (QED) is 0.629. The summed E-state index contributed by atoms with van der Waals surface area (Å²) in [6.45, 7) is 0.501. The molecular weight excluding hydrogens is 408 g/mol. The second-order valence-corrected chi connectivity index (χ2v) is 8.60. The van der Waals surface area contributed by atoms with Gasteiger partial charge < -0.3 is 5.73 Å². The average molecular weight is 431 g/mol. The van der Waals surface area contributed by atoms with Crippen molar-refractivity contribution in [3.8, 4) is 11.1 Å². The lowest BCUT2D eigenvalue weighted by Crippen LogP contribution is -2.44. The van der Waals surface area contributed by atoms with Gasteiger partial charge in [0.1, 0.15) is 0 Å². The smallest absolute Gasteiger partial charge is 0.262 e. The maximum atomic E-state index is 13.7. The number of pyridine rings is 1. The van der Waals surface area contributed by atoms with Crippen LogP contribution in [0.1, 0.15) is 24.0 Å². The van der Waals surface area contributed by atoms with Crippen LogP contribution in [0.25, 0.3) is 11.1 Å². The molecule has 6 heteroatoms. The molecule has 0 spiro atoms. The van der Waals surface area contributed by atoms with Crippen molar-refractivity contribution in [3.63, 3.8) is 0 Å². The van der Waals surface area contributed by atoms with Crippen LogP contribution in [0, 0.1) is 5.92 Å². The molecule has 0 radical (unpaired) electrons. The van der Waals surface area contributed by atoms with Crippen molar-refractivity contribution < 1.29 is 4.79 Å². The van der Waals surface area contributed by atoms with Crippen LogP contribution in [-0.4, -0.2) is 28.3 Å². The highest BCUT2D eigenvalue weighted by molar-refractivity contribution is 6.30. The summed E-state index contributed by atoms with van der Waals surface area (Å²) in [6, 6.07) is 19.7. The molecule has 31 heavy (non-hydrogen) atoms. The van der Waals surface area contributed by atoms with Gasteiger partial charge in [0, 0.05) is 24.0 Å². The Morgan fingerprint density at radius 1 is 1.03 bits per heavy atom. The molecule has 2 heterocycles. The summed E-state index contributed by atoms with van der Waals surface area (Å²) in [5.74, 6) is 0.461. The van der Waals surface area contributed by atoms with Crippen LogP contribution in [0.2, 0.25) is 5.02 Å². The van der Waals surface area contributed by atoms with Crippen molar-refractivity contribution in [2.45, 2.75) is 24.8 Å². The van der Waals surface area contributed by atoms with E-state index in [4.69, 9.17) is 22.3 Å². The number of hydrogen-bond donors (Lipinski definition) is 1. The van der Waals surface area contributed by atoms with Crippen LogP contribution in [0.15, 0.2) is 78.0 Å². The topological polar surface area (TPSA) is 71.6 Å². The third-order valence-electron chi connectivity index (χ3n) is 6.14. The van der Waals surface area contributed by atoms with Gasteiger partial charge in [0.25, 0.3) is 5.91 Å². The molecule has 1 unspecified atom stereocenters. The minimum atomic E-state index is -0.934. The van der Waals surface area contributed by atoms with Crippen LogP contribution in [0.3, 0.4) is 0 Å². The summed E-state index contributed by atoms with van der Waals surface area (Å²) >= 11 is 6.19. The van der Waals surface area contributed by atoms with Gasteiger partial charge in [-0.1, -0.05) is 41.9 Å². The first kappa shape index (κ1) is 19.8. The highest BCUT2D eigenvalue weighted by Crippen LogP contribution is 2.52. The number of nitrogens with two attached hydrogens (primary N) is 1. The normalized spacial score (nSPS) is 20.7. The highest BCUT2D eigenvalue weighted by Gasteiger charge is 2.57. The Morgan fingerprint density at radius 2 is 1.74 bits per heavy atom. The minimum absolute atomic E-state index is 0.0233. The van der Waals surface area contributed by atoms with Gasteiger partial charge in [0.05, 0.1) is 0 Å². The maximum absolute atomic E-state index is 13.7. The number of hydrogen-bond acceptors (Lipinski definition) is 4. The fourth-order valence-electron chi connectivity index (χ4n) is 4.40. The van der Waals surface area contributed by atoms with Crippen molar-refractivity contribution >= 4 is 23.5 Å². The molecule has 1 fully saturated rings. The fourth-order valence-corrected chi connectivity index (χ4v) is 4.59. The molecule has 1 atom stereocenters. The van der Waals surface area contributed by atoms with Gasteiger partial charge in [-0.25, -0.2) is 4.99 Å². The molecular formula is C25H23ClN4O. The molecule has 2 aliphatic rings. The molecule has 5 nitrogen and oxygen atoms in total. The van der Waals surface area contributed by atoms with Gasteiger partial charge in [-0.2, -0.15) is 0 Å². The molecule has 5 rings (SSSR count). The van der Waals surface area contributed by atoms with Gasteiger partial charge in [-0.3, -0.25) is 14.7 Å². The van der Waals surface area contributed by atoms with E-state index in [1.54, 1.807) is 17.3 Å². The van der Waals surface area contributed by atoms with Gasteiger partial charge in [0.2, 0.25) is 0 Å². The van der Waals surface area contributed by atoms with Crippen molar-refractivity contribution in [3.05, 3.63) is 89.2 Å². The molecule has 1 aliphatic carbocycles. The fraction of sp³-hybridized carbons (Fsp3) is 0.240. The van der Waals surface area contributed by atoms with E-state index in [-0.39, 0.29) is 11.8 Å². The number of rotatable bonds is 6. The number of carbonyl (C=O) groups excluding carboxylic acids is 1. The van der Waals surface area contributed by atoms with Crippen molar-refractivity contribution in [2.24, 2.45) is 16.6 Å². The average Bonchev–Trinajstić information content (AvgIpc) is 3.60. The Morgan fingerprint density at radius 3 is 2.45 bits per heavy atom. The Bertz CT molecular complexity index is 1160. The van der Waals surface area contributed by atoms with E-state index in [1.807, 2.05) is 54.6 Å². The Hall–Kier alpha value is -3.18. The number of benzene rings is 2. The molecule has 2 aromatic carbocycles. The second-order valence-electron chi connectivity index (χ2n) is 8.16. The number of nitrogens with zero attached hydrogens (tertiary/aromatic N) is 3. The van der Waals surface area contributed by atoms with E-state index < -0.39 is 5.54 Å². The number of guanidine groups is 1. The van der Waals surface area contributed by atoms with Gasteiger partial charge in [0.15, 0.2) is 11.5 Å². The van der Waals surface area contributed by atoms with E-state index in [2.05, 4.69) is 11.1 Å². The first-order valence-electron chi connectivity index (χ1n) is 10.5. The maximum Gasteiger partial charge on any atom is 0.262 e. The number of aromatic nitrogens is 1. The highest BCUT2D eigenvalue weighted by atomic mass is 35.5. The molecule has 3 aromatic rings. The zero-order chi connectivity index (χ0) is 21.4. The zero-order valence-electron chi connectivity index (χ0n) is 17.0. The minimum Gasteiger partial charge on any atom is -0.369 e. The molecule has 1 aliphatic heterocycles. The van der Waals surface area contributed by atoms with Crippen LogP contribution >= 0.6 is 11.6 Å². The first-order valence-corrected chi connectivity index (χ1v) is 10.9. The lowest BCUT2D eigenvalue weighted by atomic mass is 9.83. The lowest BCUT2D eigenvalue weighted by molar-refractivity contribution is -0.132. The molecule has 1 saturated carbocycles. The van der Waals surface area contributed by atoms with Gasteiger partial charge in [-0.15, -0.1) is 0 Å². The van der Waals surface area contributed by atoms with Crippen LogP contribution in [0.5, 0.6) is 0 Å². The monoisotopic (exact) mass is 430 g/mol. The SMILES string of the molecule is NC1=NC(c2cccc(-c3cccc(Cl)c3)c2)(C2CC2)C(=O)N1CCc1ccncc1. The zero-order valence-corrected chi connectivity index (χ0v) is 17.8. The molecule has 0 saturated heterocycles. The molecule has 0 bridgehead atoms. The van der Waals surface area contributed by atoms with E-state index in [0.29, 0.717) is 23.9 Å². The molecule has 156 valence electrons. The standard InChI is InChI=1S/C25H23ClN4O/c26-22-6-2-4-19(16-22)18-3-1-5-21(15-18)25(20-7-8-20)23(31)30(24(27)29-25)14-11-17-9-12-28-13-10-17/h1-6,9-10,12-13,15-16,20H,7-8,11,14H2,(H2,27,29). The van der Waals surface area contributed by atoms with Crippen molar-refractivity contribution in [1.82, 2.24) is 9.88 Å². The largest absolute Gasteiger partial charge is 0.369 e. The van der Waals surface area contributed by atoms with E-state index in [1.165, 1.54) is 0 Å². The third-order valence-corrected chi connectivity index (χ3v) is 6.38. The number of halogens is 1. The summed E-state index contributed by atoms with van der Waals surface area (Å²) in [5.41, 5.74) is 9.40. The second kappa shape index (κ2) is 7.82. The van der Waals surface area contributed by atoms with E-state index in [0.717, 1.165) is 35.1 Å². The molecule has 1 amide bonds. The summed E-state index contributed by atoms with van der Waals surface area (Å²) in [5, 5.41) is 0.682. The van der Waals surface area contributed by atoms with Gasteiger partial charge >= 0.3 is 0 Å². The van der Waals surface area contributed by atoms with Crippen LogP contribution < -0.4 is 5.73 Å². The summed E-state index contributed by atoms with van der Waals surface area (Å²) in [4.78, 5) is 24.2. The third kappa shape index (κ3) is 3.59. The predicted molar refractivity (Wildman–Crippen MR) is 123 cm³/mol. The number of amides is 1. The van der Waals surface area contributed by atoms with E-state index >= 15 is 0 Å².